The number of H-pyrrole nitrogens is 1. The molecule has 9 nitrogen and oxygen atoms in total. The van der Waals surface area contributed by atoms with Gasteiger partial charge in [0.1, 0.15) is 0 Å². The van der Waals surface area contributed by atoms with Crippen molar-refractivity contribution in [3.8, 4) is 11.5 Å². The number of aliphatic hydroxyl groups is 1. The molecule has 29 heavy (non-hydrogen) atoms. The number of fused-ring (bicyclic) bond motifs is 2. The Balaban J connectivity index is 0.00000210. The molecule has 0 aliphatic carbocycles. The number of aryl methyl sites for hydroxylation is 3. The summed E-state index contributed by atoms with van der Waals surface area (Å²) in [6, 6.07) is 3.83. The second kappa shape index (κ2) is 11.2. The van der Waals surface area contributed by atoms with Gasteiger partial charge in [0.25, 0.3) is 5.56 Å². The van der Waals surface area contributed by atoms with E-state index >= 15 is 0 Å². The maximum absolute atomic E-state index is 12.2. The molecular weight excluding hydrogens is 403 g/mol. The molecule has 1 aromatic carbocycles. The topological polar surface area (TPSA) is 148 Å². The number of carbonyl (C=O) groups excluding carboxylic acids is 1. The zero-order valence-corrected chi connectivity index (χ0v) is 19.9. The molecule has 2 aliphatic rings. The summed E-state index contributed by atoms with van der Waals surface area (Å²) in [5.41, 5.74) is 2.24. The summed E-state index contributed by atoms with van der Waals surface area (Å²) >= 11 is 0. The average molecular weight is 426 g/mol. The molecular formula is C19H22KN4O5-. The predicted molar refractivity (Wildman–Crippen MR) is 103 cm³/mol. The maximum Gasteiger partial charge on any atom is 1.00 e. The van der Waals surface area contributed by atoms with Gasteiger partial charge in [-0.3, -0.25) is 16.1 Å². The van der Waals surface area contributed by atoms with Crippen LogP contribution >= 0.6 is 0 Å². The van der Waals surface area contributed by atoms with Gasteiger partial charge in [0.2, 0.25) is 0 Å². The van der Waals surface area contributed by atoms with Crippen molar-refractivity contribution in [2.45, 2.75) is 52.2 Å². The summed E-state index contributed by atoms with van der Waals surface area (Å²) < 4.78 is 1.76. The van der Waals surface area contributed by atoms with Gasteiger partial charge in [0.05, 0.1) is 17.1 Å². The smallest absolute Gasteiger partial charge is 0.870 e. The summed E-state index contributed by atoms with van der Waals surface area (Å²) in [4.78, 5) is 44.7. The molecule has 0 amide bonds. The van der Waals surface area contributed by atoms with Crippen LogP contribution in [0.4, 0.5) is 0 Å². The molecule has 0 fully saturated rings. The number of unbranched alkanes of at least 4 members (excludes halogenated alkanes) is 1. The van der Waals surface area contributed by atoms with Crippen LogP contribution in [-0.4, -0.2) is 42.5 Å². The van der Waals surface area contributed by atoms with Crippen LogP contribution in [0.15, 0.2) is 21.7 Å². The minimum atomic E-state index is -0.728. The van der Waals surface area contributed by atoms with Gasteiger partial charge in [-0.2, -0.15) is 11.4 Å². The Kier molecular flexibility index (Phi) is 9.96. The Morgan fingerprint density at radius 3 is 2.55 bits per heavy atom. The first-order valence-electron chi connectivity index (χ1n) is 8.85. The van der Waals surface area contributed by atoms with Crippen LogP contribution in [0.2, 0.25) is 0 Å². The zero-order valence-electron chi connectivity index (χ0n) is 16.7. The first-order valence-corrected chi connectivity index (χ1v) is 8.85. The SMILES string of the molecule is Cc1cc2nc3c(=O)[nH]c(=O)nc-3n(CCC(O)CCC[C-]=O)c2cc1C.[K+].[OH-]. The van der Waals surface area contributed by atoms with Crippen molar-refractivity contribution in [3.63, 3.8) is 0 Å². The van der Waals surface area contributed by atoms with Crippen molar-refractivity contribution in [1.29, 1.82) is 0 Å². The standard InChI is InChI=1S/C19H21N4O4.K.H2O/c1-11-9-14-15(10-12(11)2)23(7-6-13(25)5-3-4-8-24)17-16(20-14)18(26)22-19(27)21-17;;/h9-10,13,25H,3-7H2,1-2H3,(H,22,26,27);;1H2/q-1;+1;/p-1. The first kappa shape index (κ1) is 25.8. The van der Waals surface area contributed by atoms with Crippen molar-refractivity contribution in [2.24, 2.45) is 0 Å². The fraction of sp³-hybridized carbons (Fsp3) is 0.421. The number of aliphatic hydroxyl groups excluding tert-OH is 1. The van der Waals surface area contributed by atoms with E-state index in [9.17, 15) is 19.5 Å². The Morgan fingerprint density at radius 2 is 1.86 bits per heavy atom. The van der Waals surface area contributed by atoms with Crippen LogP contribution in [0.25, 0.3) is 22.6 Å². The molecule has 0 radical (unpaired) electrons. The predicted octanol–water partition coefficient (Wildman–Crippen LogP) is -1.94. The molecule has 10 heteroatoms. The molecule has 1 aromatic rings. The Hall–Kier alpha value is -1.27. The monoisotopic (exact) mass is 425 g/mol. The van der Waals surface area contributed by atoms with E-state index in [1.807, 2.05) is 32.3 Å². The number of hydrogen-bond acceptors (Lipinski definition) is 7. The molecule has 2 heterocycles. The second-order valence-corrected chi connectivity index (χ2v) is 6.71. The molecule has 0 saturated heterocycles. The van der Waals surface area contributed by atoms with Crippen LogP contribution < -0.4 is 62.6 Å². The molecule has 0 spiro atoms. The molecule has 3 rings (SSSR count). The van der Waals surface area contributed by atoms with E-state index in [0.717, 1.165) is 16.6 Å². The van der Waals surface area contributed by atoms with Gasteiger partial charge >= 0.3 is 57.1 Å². The van der Waals surface area contributed by atoms with E-state index in [0.29, 0.717) is 37.7 Å². The minimum absolute atomic E-state index is 0. The van der Waals surface area contributed by atoms with Gasteiger partial charge in [0.15, 0.2) is 11.5 Å². The van der Waals surface area contributed by atoms with Crippen molar-refractivity contribution in [2.75, 3.05) is 0 Å². The molecule has 150 valence electrons. The van der Waals surface area contributed by atoms with Crippen molar-refractivity contribution in [3.05, 3.63) is 44.1 Å². The van der Waals surface area contributed by atoms with Gasteiger partial charge < -0.3 is 19.9 Å². The third-order valence-corrected chi connectivity index (χ3v) is 4.73. The van der Waals surface area contributed by atoms with E-state index in [1.165, 1.54) is 0 Å². The molecule has 1 atom stereocenters. The second-order valence-electron chi connectivity index (χ2n) is 6.71. The van der Waals surface area contributed by atoms with Crippen LogP contribution in [0.5, 0.6) is 0 Å². The summed E-state index contributed by atoms with van der Waals surface area (Å²) in [6.07, 6.45) is 2.94. The minimum Gasteiger partial charge on any atom is -0.870 e. The van der Waals surface area contributed by atoms with Gasteiger partial charge in [-0.15, -0.1) is 0 Å². The van der Waals surface area contributed by atoms with Crippen LogP contribution in [-0.2, 0) is 11.3 Å². The maximum atomic E-state index is 12.2. The fourth-order valence-electron chi connectivity index (χ4n) is 3.11. The van der Waals surface area contributed by atoms with E-state index in [-0.39, 0.29) is 68.4 Å². The summed E-state index contributed by atoms with van der Waals surface area (Å²) in [5, 5.41) is 10.2. The molecule has 0 saturated carbocycles. The molecule has 0 bridgehead atoms. The number of nitrogens with zero attached hydrogens (tertiary/aromatic N) is 3. The van der Waals surface area contributed by atoms with Crippen molar-refractivity contribution in [1.82, 2.24) is 19.5 Å². The Morgan fingerprint density at radius 1 is 1.17 bits per heavy atom. The zero-order chi connectivity index (χ0) is 19.6. The van der Waals surface area contributed by atoms with Crippen LogP contribution in [0.3, 0.4) is 0 Å². The first-order chi connectivity index (χ1) is 12.9. The number of rotatable bonds is 7. The largest absolute Gasteiger partial charge is 1.00 e. The number of hydrogen-bond donors (Lipinski definition) is 2. The van der Waals surface area contributed by atoms with Gasteiger partial charge in [-0.1, -0.05) is 6.42 Å². The van der Waals surface area contributed by atoms with Crippen LogP contribution in [0.1, 0.15) is 36.8 Å². The van der Waals surface area contributed by atoms with E-state index in [4.69, 9.17) is 0 Å². The number of aromatic amines is 1. The molecule has 3 N–H and O–H groups in total. The van der Waals surface area contributed by atoms with Crippen molar-refractivity contribution >= 4 is 17.3 Å². The molecule has 0 aromatic heterocycles. The normalized spacial score (nSPS) is 11.7. The summed E-state index contributed by atoms with van der Waals surface area (Å²) in [6.45, 7) is 4.29. The van der Waals surface area contributed by atoms with E-state index < -0.39 is 17.4 Å². The fourth-order valence-corrected chi connectivity index (χ4v) is 3.11. The van der Waals surface area contributed by atoms with E-state index in [1.54, 1.807) is 4.57 Å². The van der Waals surface area contributed by atoms with Crippen molar-refractivity contribution < 1.29 is 66.8 Å². The van der Waals surface area contributed by atoms with E-state index in [2.05, 4.69) is 15.0 Å². The van der Waals surface area contributed by atoms with Gasteiger partial charge in [0, 0.05) is 6.54 Å². The summed E-state index contributed by atoms with van der Waals surface area (Å²) in [5.74, 6) is 0.202. The number of nitrogens with one attached hydrogen (secondary N) is 1. The quantitative estimate of drug-likeness (QED) is 0.194. The third kappa shape index (κ3) is 5.88. The third-order valence-electron chi connectivity index (χ3n) is 4.73. The number of benzene rings is 1. The average Bonchev–Trinajstić information content (AvgIpc) is 2.61. The summed E-state index contributed by atoms with van der Waals surface area (Å²) in [7, 11) is 0. The molecule has 2 aliphatic heterocycles. The Labute approximate surface area is 209 Å². The molecule has 1 unspecified atom stereocenters. The van der Waals surface area contributed by atoms with Gasteiger partial charge in [-0.25, -0.2) is 9.78 Å². The van der Waals surface area contributed by atoms with Crippen LogP contribution in [0, 0.1) is 13.8 Å². The number of aromatic nitrogens is 4. The Bertz CT molecular complexity index is 1080. The van der Waals surface area contributed by atoms with Gasteiger partial charge in [-0.05, 0) is 49.9 Å².